The van der Waals surface area contributed by atoms with Gasteiger partial charge in [-0.1, -0.05) is 0 Å². The number of sulfonamides is 1. The Hall–Kier alpha value is -1.38. The maximum atomic E-state index is 12.4. The molecule has 0 unspecified atom stereocenters. The third-order valence-electron chi connectivity index (χ3n) is 3.81. The largest absolute Gasteiger partial charge is 0.438 e. The number of nitrogens with one attached hydrogen (secondary N) is 1. The van der Waals surface area contributed by atoms with Crippen LogP contribution in [0.3, 0.4) is 0 Å². The van der Waals surface area contributed by atoms with E-state index in [9.17, 15) is 13.2 Å². The summed E-state index contributed by atoms with van der Waals surface area (Å²) in [5.74, 6) is 0.00484. The van der Waals surface area contributed by atoms with E-state index in [-0.39, 0.29) is 28.7 Å². The van der Waals surface area contributed by atoms with Crippen LogP contribution in [0.5, 0.6) is 0 Å². The van der Waals surface area contributed by atoms with E-state index in [1.807, 2.05) is 6.92 Å². The average Bonchev–Trinajstić information content (AvgIpc) is 2.97. The number of nitrogens with two attached hydrogens (primary N) is 1. The van der Waals surface area contributed by atoms with Gasteiger partial charge in [0.05, 0.1) is 0 Å². The minimum atomic E-state index is -3.67. The van der Waals surface area contributed by atoms with Crippen molar-refractivity contribution in [1.82, 2.24) is 9.62 Å². The van der Waals surface area contributed by atoms with Crippen LogP contribution in [0, 0.1) is 5.92 Å². The lowest BCUT2D eigenvalue weighted by Crippen LogP contribution is -2.44. The van der Waals surface area contributed by atoms with Gasteiger partial charge in [0, 0.05) is 19.1 Å². The molecule has 2 heterocycles. The molecule has 1 amide bonds. The smallest absolute Gasteiger partial charge is 0.289 e. The first-order valence-corrected chi connectivity index (χ1v) is 8.41. The molecule has 118 valence electrons. The van der Waals surface area contributed by atoms with Gasteiger partial charge < -0.3 is 15.1 Å². The number of hydrogen-bond donors (Lipinski definition) is 2. The van der Waals surface area contributed by atoms with Gasteiger partial charge in [-0.3, -0.25) is 4.79 Å². The van der Waals surface area contributed by atoms with Crippen LogP contribution in [0.1, 0.15) is 30.3 Å². The van der Waals surface area contributed by atoms with Crippen molar-refractivity contribution in [3.63, 3.8) is 0 Å². The molecule has 21 heavy (non-hydrogen) atoms. The van der Waals surface area contributed by atoms with Crippen LogP contribution >= 0.6 is 0 Å². The van der Waals surface area contributed by atoms with Gasteiger partial charge in [-0.05, 0) is 44.9 Å². The van der Waals surface area contributed by atoms with Crippen LogP contribution in [-0.4, -0.2) is 45.4 Å². The number of likely N-dealkylation sites (tertiary alicyclic amines) is 1. The topological polar surface area (TPSA) is 106 Å². The highest BCUT2D eigenvalue weighted by Gasteiger charge is 2.29. The van der Waals surface area contributed by atoms with Crippen molar-refractivity contribution < 1.29 is 17.6 Å². The zero-order chi connectivity index (χ0) is 15.6. The Labute approximate surface area is 124 Å². The molecule has 0 spiro atoms. The van der Waals surface area contributed by atoms with E-state index >= 15 is 0 Å². The second kappa shape index (κ2) is 6.17. The van der Waals surface area contributed by atoms with Gasteiger partial charge in [0.15, 0.2) is 5.76 Å². The van der Waals surface area contributed by atoms with E-state index < -0.39 is 10.0 Å². The molecule has 0 saturated carbocycles. The number of piperidine rings is 1. The van der Waals surface area contributed by atoms with E-state index in [4.69, 9.17) is 10.2 Å². The number of hydrogen-bond acceptors (Lipinski definition) is 5. The molecule has 1 saturated heterocycles. The molecule has 0 aromatic carbocycles. The molecule has 0 bridgehead atoms. The standard InChI is InChI=1S/C13H21N3O4S/c1-9(14)10-4-3-7-16(8-10)13(17)11-5-6-12(20-11)21(18,19)15-2/h5-6,9-10,15H,3-4,7-8,14H2,1-2H3/t9-,10+/m0/s1. The van der Waals surface area contributed by atoms with Crippen LogP contribution in [0.4, 0.5) is 0 Å². The summed E-state index contributed by atoms with van der Waals surface area (Å²) in [5, 5.41) is -0.255. The monoisotopic (exact) mass is 315 g/mol. The number of amides is 1. The summed E-state index contributed by atoms with van der Waals surface area (Å²) >= 11 is 0. The zero-order valence-electron chi connectivity index (χ0n) is 12.2. The SMILES string of the molecule is CNS(=O)(=O)c1ccc(C(=O)N2CCC[C@@H]([C@H](C)N)C2)o1. The molecule has 1 aliphatic rings. The Morgan fingerprint density at radius 2 is 2.24 bits per heavy atom. The molecule has 1 aliphatic heterocycles. The van der Waals surface area contributed by atoms with Gasteiger partial charge in [-0.15, -0.1) is 0 Å². The van der Waals surface area contributed by atoms with Gasteiger partial charge in [-0.2, -0.15) is 0 Å². The lowest BCUT2D eigenvalue weighted by molar-refractivity contribution is 0.0623. The van der Waals surface area contributed by atoms with E-state index in [2.05, 4.69) is 4.72 Å². The Balaban J connectivity index is 2.13. The number of nitrogens with zero attached hydrogens (tertiary/aromatic N) is 1. The zero-order valence-corrected chi connectivity index (χ0v) is 13.0. The Morgan fingerprint density at radius 1 is 1.52 bits per heavy atom. The lowest BCUT2D eigenvalue weighted by Gasteiger charge is -2.34. The normalized spacial score (nSPS) is 21.3. The summed E-state index contributed by atoms with van der Waals surface area (Å²) in [4.78, 5) is 14.0. The number of carbonyl (C=O) groups excluding carboxylic acids is 1. The Morgan fingerprint density at radius 3 is 2.86 bits per heavy atom. The van der Waals surface area contributed by atoms with Crippen LogP contribution in [0.15, 0.2) is 21.6 Å². The average molecular weight is 315 g/mol. The van der Waals surface area contributed by atoms with Crippen molar-refractivity contribution >= 4 is 15.9 Å². The quantitative estimate of drug-likeness (QED) is 0.836. The minimum Gasteiger partial charge on any atom is -0.438 e. The second-order valence-electron chi connectivity index (χ2n) is 5.34. The predicted octanol–water partition coefficient (Wildman–Crippen LogP) is 0.387. The van der Waals surface area contributed by atoms with Crippen molar-refractivity contribution in [2.45, 2.75) is 30.9 Å². The van der Waals surface area contributed by atoms with E-state index in [0.717, 1.165) is 12.8 Å². The highest BCUT2D eigenvalue weighted by molar-refractivity contribution is 7.89. The van der Waals surface area contributed by atoms with Crippen molar-refractivity contribution in [3.8, 4) is 0 Å². The highest BCUT2D eigenvalue weighted by atomic mass is 32.2. The molecule has 1 aromatic rings. The molecule has 2 rings (SSSR count). The van der Waals surface area contributed by atoms with Crippen molar-refractivity contribution in [3.05, 3.63) is 17.9 Å². The fourth-order valence-electron chi connectivity index (χ4n) is 2.46. The summed E-state index contributed by atoms with van der Waals surface area (Å²) in [6.45, 7) is 3.14. The molecule has 0 radical (unpaired) electrons. The number of furan rings is 1. The fourth-order valence-corrected chi connectivity index (χ4v) is 3.11. The molecular formula is C13H21N3O4S. The third kappa shape index (κ3) is 3.45. The highest BCUT2D eigenvalue weighted by Crippen LogP contribution is 2.22. The van der Waals surface area contributed by atoms with Crippen molar-refractivity contribution in [1.29, 1.82) is 0 Å². The summed E-state index contributed by atoms with van der Waals surface area (Å²) in [6.07, 6.45) is 1.89. The summed E-state index contributed by atoms with van der Waals surface area (Å²) < 4.78 is 30.5. The first kappa shape index (κ1) is 16.0. The molecule has 0 aliphatic carbocycles. The Kier molecular flexibility index (Phi) is 4.70. The van der Waals surface area contributed by atoms with E-state index in [1.165, 1.54) is 19.2 Å². The fraction of sp³-hybridized carbons (Fsp3) is 0.615. The maximum Gasteiger partial charge on any atom is 0.289 e. The van der Waals surface area contributed by atoms with Crippen LogP contribution in [0.25, 0.3) is 0 Å². The number of rotatable bonds is 4. The van der Waals surface area contributed by atoms with Crippen molar-refractivity contribution in [2.24, 2.45) is 11.7 Å². The summed E-state index contributed by atoms with van der Waals surface area (Å²) in [7, 11) is -2.38. The van der Waals surface area contributed by atoms with Gasteiger partial charge in [0.2, 0.25) is 5.09 Å². The first-order chi connectivity index (χ1) is 9.85. The lowest BCUT2D eigenvalue weighted by atomic mass is 9.92. The molecule has 2 atom stereocenters. The predicted molar refractivity (Wildman–Crippen MR) is 77.2 cm³/mol. The molecule has 8 heteroatoms. The summed E-state index contributed by atoms with van der Waals surface area (Å²) in [6, 6.07) is 2.70. The maximum absolute atomic E-state index is 12.4. The number of carbonyl (C=O) groups is 1. The first-order valence-electron chi connectivity index (χ1n) is 6.93. The van der Waals surface area contributed by atoms with Gasteiger partial charge in [0.25, 0.3) is 15.9 Å². The third-order valence-corrected chi connectivity index (χ3v) is 5.10. The summed E-state index contributed by atoms with van der Waals surface area (Å²) in [5.41, 5.74) is 5.90. The molecule has 3 N–H and O–H groups in total. The van der Waals surface area contributed by atoms with Crippen LogP contribution in [0.2, 0.25) is 0 Å². The van der Waals surface area contributed by atoms with Gasteiger partial charge in [-0.25, -0.2) is 13.1 Å². The van der Waals surface area contributed by atoms with Crippen LogP contribution < -0.4 is 10.5 Å². The van der Waals surface area contributed by atoms with E-state index in [0.29, 0.717) is 13.1 Å². The molecular weight excluding hydrogens is 294 g/mol. The van der Waals surface area contributed by atoms with Gasteiger partial charge >= 0.3 is 0 Å². The molecule has 1 fully saturated rings. The molecule has 7 nitrogen and oxygen atoms in total. The van der Waals surface area contributed by atoms with Gasteiger partial charge in [0.1, 0.15) is 0 Å². The second-order valence-corrected chi connectivity index (χ2v) is 7.16. The Bertz CT molecular complexity index is 609. The van der Waals surface area contributed by atoms with E-state index in [1.54, 1.807) is 4.90 Å². The van der Waals surface area contributed by atoms with Crippen molar-refractivity contribution in [2.75, 3.05) is 20.1 Å². The van der Waals surface area contributed by atoms with Crippen LogP contribution in [-0.2, 0) is 10.0 Å². The minimum absolute atomic E-state index is 0.0254. The molecule has 1 aromatic heterocycles.